The van der Waals surface area contributed by atoms with Crippen molar-refractivity contribution in [2.75, 3.05) is 0 Å². The number of aliphatic hydroxyl groups is 1. The van der Waals surface area contributed by atoms with Crippen LogP contribution in [0.1, 0.15) is 15.9 Å². The minimum absolute atomic E-state index is 0.0923. The molecule has 0 aliphatic rings. The van der Waals surface area contributed by atoms with Gasteiger partial charge in [-0.2, -0.15) is 0 Å². The highest BCUT2D eigenvalue weighted by Crippen LogP contribution is 2.35. The number of carbonyl (C=O) groups excluding carboxylic acids is 1. The van der Waals surface area contributed by atoms with Crippen LogP contribution in [-0.2, 0) is 6.61 Å². The average Bonchev–Trinajstić information content (AvgIpc) is 2.53. The summed E-state index contributed by atoms with van der Waals surface area (Å²) < 4.78 is 0. The second-order valence-corrected chi connectivity index (χ2v) is 5.26. The van der Waals surface area contributed by atoms with Gasteiger partial charge in [0, 0.05) is 10.6 Å². The maximum Gasteiger partial charge on any atom is 0.150 e. The number of hydrogen-bond acceptors (Lipinski definition) is 2. The predicted octanol–water partition coefficient (Wildman–Crippen LogP) is 4.47. The van der Waals surface area contributed by atoms with Crippen LogP contribution in [0.4, 0.5) is 0 Å². The molecule has 0 aromatic heterocycles. The zero-order valence-electron chi connectivity index (χ0n) is 11.2. The number of fused-ring (bicyclic) bond motifs is 1. The molecule has 0 unspecified atom stereocenters. The first-order valence-electron chi connectivity index (χ1n) is 6.61. The van der Waals surface area contributed by atoms with Crippen LogP contribution in [0.5, 0.6) is 0 Å². The van der Waals surface area contributed by atoms with Gasteiger partial charge in [0.2, 0.25) is 0 Å². The lowest BCUT2D eigenvalue weighted by Gasteiger charge is -2.14. The molecule has 104 valence electrons. The zero-order chi connectivity index (χ0) is 14.8. The molecule has 0 aliphatic carbocycles. The molecule has 2 nitrogen and oxygen atoms in total. The normalized spacial score (nSPS) is 10.8. The molecule has 3 rings (SSSR count). The molecule has 0 bridgehead atoms. The predicted molar refractivity (Wildman–Crippen MR) is 85.7 cm³/mol. The summed E-state index contributed by atoms with van der Waals surface area (Å²) in [6.07, 6.45) is 0.833. The molecule has 0 amide bonds. The molecule has 1 N–H and O–H groups in total. The van der Waals surface area contributed by atoms with Crippen molar-refractivity contribution in [3.8, 4) is 11.1 Å². The number of aliphatic hydroxyl groups excluding tert-OH is 1. The van der Waals surface area contributed by atoms with E-state index in [0.29, 0.717) is 10.6 Å². The number of carbonyl (C=O) groups is 1. The minimum atomic E-state index is -0.0923. The molecule has 3 heteroatoms. The first-order valence-corrected chi connectivity index (χ1v) is 6.99. The van der Waals surface area contributed by atoms with Crippen LogP contribution in [0.15, 0.2) is 54.6 Å². The van der Waals surface area contributed by atoms with Crippen molar-refractivity contribution in [2.45, 2.75) is 6.61 Å². The van der Waals surface area contributed by atoms with E-state index in [0.717, 1.165) is 33.7 Å². The van der Waals surface area contributed by atoms with Gasteiger partial charge in [-0.05, 0) is 39.6 Å². The van der Waals surface area contributed by atoms with Gasteiger partial charge in [0.15, 0.2) is 6.29 Å². The maximum atomic E-state index is 11.3. The number of aldehydes is 1. The number of benzene rings is 3. The lowest BCUT2D eigenvalue weighted by molar-refractivity contribution is 0.112. The second kappa shape index (κ2) is 5.68. The molecule has 0 radical (unpaired) electrons. The third kappa shape index (κ3) is 2.44. The van der Waals surface area contributed by atoms with Crippen molar-refractivity contribution < 1.29 is 9.90 Å². The fourth-order valence-electron chi connectivity index (χ4n) is 2.61. The minimum Gasteiger partial charge on any atom is -0.392 e. The van der Waals surface area contributed by atoms with E-state index in [9.17, 15) is 9.90 Å². The number of rotatable bonds is 3. The van der Waals surface area contributed by atoms with Crippen LogP contribution >= 0.6 is 11.6 Å². The average molecular weight is 297 g/mol. The highest BCUT2D eigenvalue weighted by Gasteiger charge is 2.13. The largest absolute Gasteiger partial charge is 0.392 e. The molecule has 3 aromatic rings. The van der Waals surface area contributed by atoms with E-state index < -0.39 is 0 Å². The summed E-state index contributed by atoms with van der Waals surface area (Å²) in [6.45, 7) is -0.0923. The van der Waals surface area contributed by atoms with Crippen LogP contribution in [-0.4, -0.2) is 11.4 Å². The molecule has 0 saturated carbocycles. The van der Waals surface area contributed by atoms with E-state index in [2.05, 4.69) is 0 Å². The second-order valence-electron chi connectivity index (χ2n) is 4.83. The van der Waals surface area contributed by atoms with Crippen LogP contribution in [0.2, 0.25) is 5.02 Å². The van der Waals surface area contributed by atoms with Crippen molar-refractivity contribution in [1.29, 1.82) is 0 Å². The Morgan fingerprint density at radius 1 is 1.05 bits per heavy atom. The summed E-state index contributed by atoms with van der Waals surface area (Å²) in [4.78, 5) is 11.3. The number of hydrogen-bond donors (Lipinski definition) is 1. The molecule has 0 saturated heterocycles. The Balaban J connectivity index is 2.44. The van der Waals surface area contributed by atoms with Crippen LogP contribution in [0.25, 0.3) is 21.9 Å². The van der Waals surface area contributed by atoms with Crippen molar-refractivity contribution >= 4 is 28.7 Å². The van der Waals surface area contributed by atoms with Gasteiger partial charge in [0.25, 0.3) is 0 Å². The van der Waals surface area contributed by atoms with Gasteiger partial charge in [-0.25, -0.2) is 0 Å². The van der Waals surface area contributed by atoms with E-state index in [1.54, 1.807) is 6.07 Å². The van der Waals surface area contributed by atoms with Gasteiger partial charge in [-0.1, -0.05) is 54.1 Å². The van der Waals surface area contributed by atoms with Gasteiger partial charge < -0.3 is 5.11 Å². The van der Waals surface area contributed by atoms with E-state index in [4.69, 9.17) is 11.6 Å². The Kier molecular flexibility index (Phi) is 3.74. The molecule has 21 heavy (non-hydrogen) atoms. The summed E-state index contributed by atoms with van der Waals surface area (Å²) in [6, 6.07) is 16.8. The lowest BCUT2D eigenvalue weighted by Crippen LogP contribution is -1.95. The van der Waals surface area contributed by atoms with Gasteiger partial charge in [-0.15, -0.1) is 0 Å². The monoisotopic (exact) mass is 296 g/mol. The van der Waals surface area contributed by atoms with Crippen molar-refractivity contribution in [2.24, 2.45) is 0 Å². The standard InChI is InChI=1S/C18H13ClO2/c19-15-8-7-12-5-6-14(11-21)18(17(12)9-15)16-4-2-1-3-13(16)10-20/h1-10,21H,11H2. The van der Waals surface area contributed by atoms with Crippen molar-refractivity contribution in [3.63, 3.8) is 0 Å². The van der Waals surface area contributed by atoms with Crippen LogP contribution in [0, 0.1) is 0 Å². The molecule has 3 aromatic carbocycles. The molecule has 0 heterocycles. The highest BCUT2D eigenvalue weighted by molar-refractivity contribution is 6.31. The van der Waals surface area contributed by atoms with E-state index in [-0.39, 0.29) is 6.61 Å². The topological polar surface area (TPSA) is 37.3 Å². The third-order valence-corrected chi connectivity index (χ3v) is 3.83. The summed E-state index contributed by atoms with van der Waals surface area (Å²) in [5.74, 6) is 0. The van der Waals surface area contributed by atoms with Gasteiger partial charge in [-0.3, -0.25) is 4.79 Å². The quantitative estimate of drug-likeness (QED) is 0.724. The maximum absolute atomic E-state index is 11.3. The smallest absolute Gasteiger partial charge is 0.150 e. The Bertz CT molecular complexity index is 825. The summed E-state index contributed by atoms with van der Waals surface area (Å²) in [7, 11) is 0. The molecular weight excluding hydrogens is 284 g/mol. The summed E-state index contributed by atoms with van der Waals surface area (Å²) >= 11 is 6.12. The molecule has 0 atom stereocenters. The van der Waals surface area contributed by atoms with Crippen LogP contribution < -0.4 is 0 Å². The molecule has 0 aliphatic heterocycles. The highest BCUT2D eigenvalue weighted by atomic mass is 35.5. The van der Waals surface area contributed by atoms with Gasteiger partial charge in [0.05, 0.1) is 6.61 Å². The number of halogens is 1. The first kappa shape index (κ1) is 13.8. The Labute approximate surface area is 127 Å². The van der Waals surface area contributed by atoms with Crippen LogP contribution in [0.3, 0.4) is 0 Å². The van der Waals surface area contributed by atoms with E-state index in [1.807, 2.05) is 48.5 Å². The molecule has 0 fully saturated rings. The van der Waals surface area contributed by atoms with E-state index >= 15 is 0 Å². The summed E-state index contributed by atoms with van der Waals surface area (Å²) in [5.41, 5.74) is 3.04. The lowest BCUT2D eigenvalue weighted by atomic mass is 9.91. The van der Waals surface area contributed by atoms with Crippen molar-refractivity contribution in [3.05, 3.63) is 70.7 Å². The molecule has 0 spiro atoms. The Morgan fingerprint density at radius 2 is 1.81 bits per heavy atom. The zero-order valence-corrected chi connectivity index (χ0v) is 12.0. The SMILES string of the molecule is O=Cc1ccccc1-c1c(CO)ccc2ccc(Cl)cc12. The van der Waals surface area contributed by atoms with E-state index in [1.165, 1.54) is 0 Å². The fraction of sp³-hybridized carbons (Fsp3) is 0.0556. The Hall–Kier alpha value is -2.16. The molecular formula is C18H13ClO2. The van der Waals surface area contributed by atoms with Gasteiger partial charge in [0.1, 0.15) is 0 Å². The fourth-order valence-corrected chi connectivity index (χ4v) is 2.79. The van der Waals surface area contributed by atoms with Crippen molar-refractivity contribution in [1.82, 2.24) is 0 Å². The first-order chi connectivity index (χ1) is 10.2. The summed E-state index contributed by atoms with van der Waals surface area (Å²) in [5, 5.41) is 12.2. The Morgan fingerprint density at radius 3 is 2.57 bits per heavy atom. The van der Waals surface area contributed by atoms with Gasteiger partial charge >= 0.3 is 0 Å². The third-order valence-electron chi connectivity index (χ3n) is 3.60.